The highest BCUT2D eigenvalue weighted by atomic mass is 35.5. The van der Waals surface area contributed by atoms with E-state index < -0.39 is 5.82 Å². The lowest BCUT2D eigenvalue weighted by Gasteiger charge is -2.10. The molecular weight excluding hydrogens is 253 g/mol. The minimum Gasteiger partial charge on any atom is -0.321 e. The minimum atomic E-state index is -0.430. The fraction of sp³-hybridized carbons (Fsp3) is 0.231. The van der Waals surface area contributed by atoms with Crippen LogP contribution in [0.5, 0.6) is 0 Å². The molecule has 0 aliphatic rings. The first-order valence-electron chi connectivity index (χ1n) is 5.54. The van der Waals surface area contributed by atoms with Crippen molar-refractivity contribution in [3.63, 3.8) is 0 Å². The summed E-state index contributed by atoms with van der Waals surface area (Å²) in [4.78, 5) is 8.34. The monoisotopic (exact) mass is 265 g/mol. The highest BCUT2D eigenvalue weighted by Gasteiger charge is 2.11. The van der Waals surface area contributed by atoms with Gasteiger partial charge in [0.05, 0.1) is 11.1 Å². The fourth-order valence-corrected chi connectivity index (χ4v) is 1.81. The van der Waals surface area contributed by atoms with Crippen LogP contribution in [0, 0.1) is 12.7 Å². The van der Waals surface area contributed by atoms with E-state index in [0.717, 1.165) is 11.1 Å². The molecule has 0 aliphatic heterocycles. The lowest BCUT2D eigenvalue weighted by Crippen LogP contribution is -2.16. The van der Waals surface area contributed by atoms with Crippen LogP contribution in [0.25, 0.3) is 0 Å². The summed E-state index contributed by atoms with van der Waals surface area (Å²) in [7, 11) is 0. The van der Waals surface area contributed by atoms with E-state index in [1.807, 2.05) is 6.92 Å². The maximum Gasteiger partial charge on any atom is 0.145 e. The van der Waals surface area contributed by atoms with Gasteiger partial charge in [0.25, 0.3) is 0 Å². The van der Waals surface area contributed by atoms with Crippen LogP contribution >= 0.6 is 11.6 Å². The van der Waals surface area contributed by atoms with Crippen molar-refractivity contribution in [1.29, 1.82) is 0 Å². The van der Waals surface area contributed by atoms with Crippen molar-refractivity contribution in [3.05, 3.63) is 58.4 Å². The normalized spacial score (nSPS) is 12.4. The topological polar surface area (TPSA) is 51.8 Å². The third-order valence-electron chi connectivity index (χ3n) is 2.57. The van der Waals surface area contributed by atoms with Crippen molar-refractivity contribution in [2.75, 3.05) is 0 Å². The Balaban J connectivity index is 2.13. The molecule has 0 radical (unpaired) electrons. The molecule has 2 rings (SSSR count). The summed E-state index contributed by atoms with van der Waals surface area (Å²) in [5, 5.41) is 0.101. The predicted octanol–water partition coefficient (Wildman–Crippen LogP) is 2.82. The molecule has 2 aromatic rings. The Kier molecular flexibility index (Phi) is 3.89. The lowest BCUT2D eigenvalue weighted by atomic mass is 10.1. The fourth-order valence-electron chi connectivity index (χ4n) is 1.61. The molecule has 1 heterocycles. The van der Waals surface area contributed by atoms with Gasteiger partial charge >= 0.3 is 0 Å². The molecule has 1 unspecified atom stereocenters. The van der Waals surface area contributed by atoms with Crippen molar-refractivity contribution in [1.82, 2.24) is 9.97 Å². The Morgan fingerprint density at radius 3 is 2.61 bits per heavy atom. The number of rotatable bonds is 3. The summed E-state index contributed by atoms with van der Waals surface area (Å²) in [6.07, 6.45) is 3.96. The highest BCUT2D eigenvalue weighted by molar-refractivity contribution is 6.30. The van der Waals surface area contributed by atoms with Crippen LogP contribution in [0.15, 0.2) is 30.6 Å². The number of hydrogen-bond donors (Lipinski definition) is 1. The highest BCUT2D eigenvalue weighted by Crippen LogP contribution is 2.19. The van der Waals surface area contributed by atoms with Gasteiger partial charge in [0, 0.05) is 12.4 Å². The van der Waals surface area contributed by atoms with E-state index in [0.29, 0.717) is 12.2 Å². The number of aromatic nitrogens is 2. The van der Waals surface area contributed by atoms with Crippen LogP contribution in [0.3, 0.4) is 0 Å². The molecule has 0 amide bonds. The third kappa shape index (κ3) is 3.03. The van der Waals surface area contributed by atoms with Crippen LogP contribution in [-0.2, 0) is 6.42 Å². The summed E-state index contributed by atoms with van der Waals surface area (Å²) >= 11 is 5.72. The molecule has 2 N–H and O–H groups in total. The van der Waals surface area contributed by atoms with Gasteiger partial charge in [-0.3, -0.25) is 0 Å². The van der Waals surface area contributed by atoms with Crippen molar-refractivity contribution < 1.29 is 4.39 Å². The van der Waals surface area contributed by atoms with Gasteiger partial charge < -0.3 is 5.73 Å². The van der Waals surface area contributed by atoms with E-state index in [9.17, 15) is 4.39 Å². The summed E-state index contributed by atoms with van der Waals surface area (Å²) in [5.74, 6) is 0.140. The molecule has 0 saturated carbocycles. The summed E-state index contributed by atoms with van der Waals surface area (Å²) < 4.78 is 13.0. The molecular formula is C13H13ClFN3. The third-order valence-corrected chi connectivity index (χ3v) is 2.86. The molecule has 3 nitrogen and oxygen atoms in total. The number of halogens is 2. The average Bonchev–Trinajstić information content (AvgIpc) is 2.34. The second kappa shape index (κ2) is 5.42. The summed E-state index contributed by atoms with van der Waals surface area (Å²) in [6.45, 7) is 1.91. The van der Waals surface area contributed by atoms with Gasteiger partial charge in [-0.2, -0.15) is 0 Å². The molecule has 0 spiro atoms. The van der Waals surface area contributed by atoms with E-state index in [1.54, 1.807) is 24.5 Å². The Bertz CT molecular complexity index is 542. The molecule has 0 fully saturated rings. The maximum absolute atomic E-state index is 13.0. The quantitative estimate of drug-likeness (QED) is 0.928. The largest absolute Gasteiger partial charge is 0.321 e. The molecule has 0 aliphatic carbocycles. The van der Waals surface area contributed by atoms with E-state index in [2.05, 4.69) is 9.97 Å². The number of nitrogens with zero attached hydrogens (tertiary/aromatic N) is 2. The summed E-state index contributed by atoms with van der Waals surface area (Å²) in [5.41, 5.74) is 7.84. The van der Waals surface area contributed by atoms with Gasteiger partial charge in [-0.1, -0.05) is 17.7 Å². The second-order valence-corrected chi connectivity index (χ2v) is 4.58. The van der Waals surface area contributed by atoms with Crippen molar-refractivity contribution in [2.45, 2.75) is 19.4 Å². The summed E-state index contributed by atoms with van der Waals surface area (Å²) in [6, 6.07) is 4.24. The van der Waals surface area contributed by atoms with Gasteiger partial charge in [-0.05, 0) is 36.6 Å². The van der Waals surface area contributed by atoms with E-state index in [1.165, 1.54) is 6.07 Å². The van der Waals surface area contributed by atoms with Crippen molar-refractivity contribution in [3.8, 4) is 0 Å². The Morgan fingerprint density at radius 2 is 2.00 bits per heavy atom. The van der Waals surface area contributed by atoms with Crippen LogP contribution in [0.4, 0.5) is 4.39 Å². The van der Waals surface area contributed by atoms with E-state index in [-0.39, 0.29) is 11.1 Å². The standard InChI is InChI=1S/C13H13ClFN3/c1-8-6-17-13(18-7-8)12(16)5-9-2-3-11(15)10(14)4-9/h2-4,6-7,12H,5,16H2,1H3. The van der Waals surface area contributed by atoms with Gasteiger partial charge in [0.1, 0.15) is 11.6 Å². The first kappa shape index (κ1) is 12.9. The SMILES string of the molecule is Cc1cnc(C(N)Cc2ccc(F)c(Cl)c2)nc1. The van der Waals surface area contributed by atoms with Crippen LogP contribution < -0.4 is 5.73 Å². The predicted molar refractivity (Wildman–Crippen MR) is 68.8 cm³/mol. The Labute approximate surface area is 110 Å². The Morgan fingerprint density at radius 1 is 1.33 bits per heavy atom. The van der Waals surface area contributed by atoms with Crippen molar-refractivity contribution >= 4 is 11.6 Å². The molecule has 5 heteroatoms. The lowest BCUT2D eigenvalue weighted by molar-refractivity contribution is 0.624. The number of aryl methyl sites for hydroxylation is 1. The van der Waals surface area contributed by atoms with Gasteiger partial charge in [-0.25, -0.2) is 14.4 Å². The first-order chi connectivity index (χ1) is 8.56. The van der Waals surface area contributed by atoms with Crippen molar-refractivity contribution in [2.24, 2.45) is 5.73 Å². The zero-order chi connectivity index (χ0) is 13.1. The van der Waals surface area contributed by atoms with Crippen LogP contribution in [-0.4, -0.2) is 9.97 Å². The van der Waals surface area contributed by atoms with Crippen LogP contribution in [0.2, 0.25) is 5.02 Å². The van der Waals surface area contributed by atoms with Gasteiger partial charge in [0.2, 0.25) is 0 Å². The molecule has 0 bridgehead atoms. The van der Waals surface area contributed by atoms with Gasteiger partial charge in [-0.15, -0.1) is 0 Å². The molecule has 1 aromatic heterocycles. The number of benzene rings is 1. The first-order valence-corrected chi connectivity index (χ1v) is 5.92. The van der Waals surface area contributed by atoms with E-state index >= 15 is 0 Å². The zero-order valence-electron chi connectivity index (χ0n) is 9.90. The van der Waals surface area contributed by atoms with Crippen LogP contribution in [0.1, 0.15) is 23.0 Å². The molecule has 1 atom stereocenters. The smallest absolute Gasteiger partial charge is 0.145 e. The molecule has 18 heavy (non-hydrogen) atoms. The second-order valence-electron chi connectivity index (χ2n) is 4.18. The molecule has 0 saturated heterocycles. The Hall–Kier alpha value is -1.52. The molecule has 94 valence electrons. The van der Waals surface area contributed by atoms with Gasteiger partial charge in [0.15, 0.2) is 0 Å². The number of hydrogen-bond acceptors (Lipinski definition) is 3. The average molecular weight is 266 g/mol. The number of nitrogens with two attached hydrogens (primary N) is 1. The zero-order valence-corrected chi connectivity index (χ0v) is 10.7. The minimum absolute atomic E-state index is 0.101. The maximum atomic E-state index is 13.0. The van der Waals surface area contributed by atoms with E-state index in [4.69, 9.17) is 17.3 Å². The molecule has 1 aromatic carbocycles.